The van der Waals surface area contributed by atoms with Gasteiger partial charge in [0, 0.05) is 13.1 Å². The van der Waals surface area contributed by atoms with E-state index < -0.39 is 17.0 Å². The molecule has 0 aliphatic rings. The Morgan fingerprint density at radius 1 is 1.10 bits per heavy atom. The van der Waals surface area contributed by atoms with Crippen molar-refractivity contribution in [3.63, 3.8) is 0 Å². The third-order valence-electron chi connectivity index (χ3n) is 2.95. The van der Waals surface area contributed by atoms with E-state index in [0.717, 1.165) is 6.42 Å². The van der Waals surface area contributed by atoms with Gasteiger partial charge in [-0.05, 0) is 53.9 Å². The van der Waals surface area contributed by atoms with Gasteiger partial charge in [0.1, 0.15) is 5.60 Å². The lowest BCUT2D eigenvalue weighted by atomic mass is 9.88. The minimum Gasteiger partial charge on any atom is -0.481 e. The van der Waals surface area contributed by atoms with E-state index in [4.69, 9.17) is 9.84 Å². The highest BCUT2D eigenvalue weighted by Gasteiger charge is 2.27. The molecule has 1 amide bonds. The number of rotatable bonds is 7. The largest absolute Gasteiger partial charge is 0.481 e. The van der Waals surface area contributed by atoms with Crippen molar-refractivity contribution in [2.75, 3.05) is 13.1 Å². The Morgan fingerprint density at radius 2 is 1.65 bits per heavy atom. The molecule has 0 atom stereocenters. The molecule has 5 nitrogen and oxygen atoms in total. The van der Waals surface area contributed by atoms with E-state index in [0.29, 0.717) is 25.9 Å². The van der Waals surface area contributed by atoms with Crippen LogP contribution in [0.4, 0.5) is 4.79 Å². The van der Waals surface area contributed by atoms with Crippen molar-refractivity contribution in [3.05, 3.63) is 0 Å². The van der Waals surface area contributed by atoms with Gasteiger partial charge >= 0.3 is 12.1 Å². The molecule has 0 spiro atoms. The van der Waals surface area contributed by atoms with Crippen molar-refractivity contribution in [2.24, 2.45) is 5.41 Å². The van der Waals surface area contributed by atoms with Gasteiger partial charge in [0.05, 0.1) is 5.41 Å². The number of aliphatic carboxylic acids is 1. The molecule has 1 N–H and O–H groups in total. The third kappa shape index (κ3) is 7.36. The number of hydrogen-bond acceptors (Lipinski definition) is 3. The van der Waals surface area contributed by atoms with Crippen molar-refractivity contribution in [2.45, 2.75) is 66.4 Å². The first-order chi connectivity index (χ1) is 8.99. The average Bonchev–Trinajstić information content (AvgIpc) is 2.25. The number of carboxylic acids is 1. The van der Waals surface area contributed by atoms with Gasteiger partial charge in [-0.3, -0.25) is 4.79 Å². The standard InChI is InChI=1S/C15H29NO4/c1-7-10-16(13(19)20-14(2,3)4)11-8-9-15(5,6)12(17)18/h7-11H2,1-6H3,(H,17,18). The van der Waals surface area contributed by atoms with E-state index in [1.807, 2.05) is 27.7 Å². The van der Waals surface area contributed by atoms with Crippen molar-refractivity contribution in [1.82, 2.24) is 4.90 Å². The van der Waals surface area contributed by atoms with Crippen molar-refractivity contribution in [3.8, 4) is 0 Å². The molecule has 118 valence electrons. The van der Waals surface area contributed by atoms with Crippen LogP contribution in [0.5, 0.6) is 0 Å². The predicted octanol–water partition coefficient (Wildman–Crippen LogP) is 3.52. The lowest BCUT2D eigenvalue weighted by molar-refractivity contribution is -0.147. The van der Waals surface area contributed by atoms with Gasteiger partial charge in [-0.1, -0.05) is 6.92 Å². The molecule has 0 bridgehead atoms. The quantitative estimate of drug-likeness (QED) is 0.778. The molecule has 0 saturated carbocycles. The number of hydrogen-bond donors (Lipinski definition) is 1. The Balaban J connectivity index is 4.42. The summed E-state index contributed by atoms with van der Waals surface area (Å²) in [5, 5.41) is 9.07. The molecule has 0 aromatic heterocycles. The Hall–Kier alpha value is -1.26. The second kappa shape index (κ2) is 7.50. The number of ether oxygens (including phenoxy) is 1. The highest BCUT2D eigenvalue weighted by Crippen LogP contribution is 2.22. The molecule has 0 unspecified atom stereocenters. The number of amides is 1. The minimum atomic E-state index is -0.809. The normalized spacial score (nSPS) is 12.1. The predicted molar refractivity (Wildman–Crippen MR) is 78.7 cm³/mol. The SMILES string of the molecule is CCCN(CCCC(C)(C)C(=O)O)C(=O)OC(C)(C)C. The molecule has 0 aliphatic heterocycles. The molecular formula is C15H29NO4. The summed E-state index contributed by atoms with van der Waals surface area (Å²) in [6, 6.07) is 0. The second-order valence-corrected chi connectivity index (χ2v) is 6.76. The Bertz CT molecular complexity index is 331. The molecule has 0 aromatic carbocycles. The van der Waals surface area contributed by atoms with E-state index in [1.165, 1.54) is 0 Å². The van der Waals surface area contributed by atoms with Crippen LogP contribution in [0.2, 0.25) is 0 Å². The second-order valence-electron chi connectivity index (χ2n) is 6.76. The molecule has 20 heavy (non-hydrogen) atoms. The van der Waals surface area contributed by atoms with Crippen LogP contribution in [-0.2, 0) is 9.53 Å². The van der Waals surface area contributed by atoms with Crippen LogP contribution in [0, 0.1) is 5.41 Å². The molecule has 0 heterocycles. The Kier molecular flexibility index (Phi) is 7.03. The van der Waals surface area contributed by atoms with Gasteiger partial charge < -0.3 is 14.7 Å². The summed E-state index contributed by atoms with van der Waals surface area (Å²) >= 11 is 0. The maximum absolute atomic E-state index is 12.0. The highest BCUT2D eigenvalue weighted by atomic mass is 16.6. The topological polar surface area (TPSA) is 66.8 Å². The van der Waals surface area contributed by atoms with Crippen molar-refractivity contribution >= 4 is 12.1 Å². The van der Waals surface area contributed by atoms with Gasteiger partial charge in [0.25, 0.3) is 0 Å². The summed E-state index contributed by atoms with van der Waals surface area (Å²) in [4.78, 5) is 24.7. The van der Waals surface area contributed by atoms with Gasteiger partial charge in [0.2, 0.25) is 0 Å². The van der Waals surface area contributed by atoms with Crippen molar-refractivity contribution in [1.29, 1.82) is 0 Å². The van der Waals surface area contributed by atoms with E-state index in [-0.39, 0.29) is 6.09 Å². The summed E-state index contributed by atoms with van der Waals surface area (Å²) in [5.74, 6) is -0.809. The minimum absolute atomic E-state index is 0.326. The molecule has 0 aliphatic carbocycles. The summed E-state index contributed by atoms with van der Waals surface area (Å²) in [5.41, 5.74) is -1.27. The number of carbonyl (C=O) groups excluding carboxylic acids is 1. The van der Waals surface area contributed by atoms with Gasteiger partial charge in [0.15, 0.2) is 0 Å². The first-order valence-electron chi connectivity index (χ1n) is 7.21. The summed E-state index contributed by atoms with van der Waals surface area (Å²) in [6.45, 7) is 12.1. The monoisotopic (exact) mass is 287 g/mol. The van der Waals surface area contributed by atoms with Crippen LogP contribution in [0.15, 0.2) is 0 Å². The fraction of sp³-hybridized carbons (Fsp3) is 0.867. The fourth-order valence-corrected chi connectivity index (χ4v) is 1.71. The maximum atomic E-state index is 12.0. The smallest absolute Gasteiger partial charge is 0.410 e. The van der Waals surface area contributed by atoms with E-state index in [2.05, 4.69) is 0 Å². The molecule has 0 saturated heterocycles. The first-order valence-corrected chi connectivity index (χ1v) is 7.21. The number of carbonyl (C=O) groups is 2. The van der Waals surface area contributed by atoms with E-state index >= 15 is 0 Å². The Morgan fingerprint density at radius 3 is 2.05 bits per heavy atom. The average molecular weight is 287 g/mol. The zero-order valence-electron chi connectivity index (χ0n) is 13.7. The van der Waals surface area contributed by atoms with Crippen LogP contribution in [-0.4, -0.2) is 40.8 Å². The number of carboxylic acid groups (broad SMARTS) is 1. The first kappa shape index (κ1) is 18.7. The van der Waals surface area contributed by atoms with Crippen molar-refractivity contribution < 1.29 is 19.4 Å². The molecule has 0 radical (unpaired) electrons. The maximum Gasteiger partial charge on any atom is 0.410 e. The highest BCUT2D eigenvalue weighted by molar-refractivity contribution is 5.73. The van der Waals surface area contributed by atoms with Crippen LogP contribution >= 0.6 is 0 Å². The summed E-state index contributed by atoms with van der Waals surface area (Å²) in [7, 11) is 0. The van der Waals surface area contributed by atoms with Gasteiger partial charge in [-0.2, -0.15) is 0 Å². The lowest BCUT2D eigenvalue weighted by Crippen LogP contribution is -2.38. The van der Waals surface area contributed by atoms with E-state index in [1.54, 1.807) is 18.7 Å². The summed E-state index contributed by atoms with van der Waals surface area (Å²) < 4.78 is 5.35. The fourth-order valence-electron chi connectivity index (χ4n) is 1.71. The van der Waals surface area contributed by atoms with Crippen LogP contribution in [0.25, 0.3) is 0 Å². The zero-order valence-corrected chi connectivity index (χ0v) is 13.7. The molecular weight excluding hydrogens is 258 g/mol. The molecule has 0 rings (SSSR count). The zero-order chi connectivity index (χ0) is 16.0. The van der Waals surface area contributed by atoms with Crippen LogP contribution in [0.1, 0.15) is 60.8 Å². The third-order valence-corrected chi connectivity index (χ3v) is 2.95. The van der Waals surface area contributed by atoms with Gasteiger partial charge in [-0.25, -0.2) is 4.79 Å². The lowest BCUT2D eigenvalue weighted by Gasteiger charge is -2.28. The van der Waals surface area contributed by atoms with E-state index in [9.17, 15) is 9.59 Å². The molecule has 5 heteroatoms. The van der Waals surface area contributed by atoms with Crippen LogP contribution in [0.3, 0.4) is 0 Å². The summed E-state index contributed by atoms with van der Waals surface area (Å²) in [6.07, 6.45) is 1.71. The molecule has 0 fully saturated rings. The van der Waals surface area contributed by atoms with Crippen LogP contribution < -0.4 is 0 Å². The number of nitrogens with zero attached hydrogens (tertiary/aromatic N) is 1. The van der Waals surface area contributed by atoms with Gasteiger partial charge in [-0.15, -0.1) is 0 Å². The molecule has 0 aromatic rings. The Labute approximate surface area is 122 Å².